The molecule has 8 heteroatoms. The van der Waals surface area contributed by atoms with Crippen molar-refractivity contribution >= 4 is 17.5 Å². The molecule has 1 amide bonds. The molecule has 0 bridgehead atoms. The molecule has 1 unspecified atom stereocenters. The van der Waals surface area contributed by atoms with E-state index in [0.717, 1.165) is 12.1 Å². The highest BCUT2D eigenvalue weighted by Gasteiger charge is 2.49. The Labute approximate surface area is 159 Å². The number of carbonyl (C=O) groups is 1. The van der Waals surface area contributed by atoms with Crippen molar-refractivity contribution in [3.63, 3.8) is 0 Å². The van der Waals surface area contributed by atoms with Crippen LogP contribution in [0.15, 0.2) is 18.2 Å². The Bertz CT molecular complexity index is 709. The number of ether oxygens (including phenoxy) is 1. The lowest BCUT2D eigenvalue weighted by Gasteiger charge is -2.55. The van der Waals surface area contributed by atoms with Gasteiger partial charge in [0.25, 0.3) is 0 Å². The fraction of sp³-hybridized carbons (Fsp3) is 0.632. The second kappa shape index (κ2) is 8.02. The molecule has 0 saturated carbocycles. The first-order chi connectivity index (χ1) is 12.7. The normalized spacial score (nSPS) is 21.3. The van der Waals surface area contributed by atoms with Gasteiger partial charge in [-0.15, -0.1) is 0 Å². The summed E-state index contributed by atoms with van der Waals surface area (Å²) in [6.45, 7) is 9.73. The molecule has 0 aliphatic carbocycles. The highest BCUT2D eigenvalue weighted by Crippen LogP contribution is 2.40. The summed E-state index contributed by atoms with van der Waals surface area (Å²) < 4.78 is 5.19. The summed E-state index contributed by atoms with van der Waals surface area (Å²) in [5.41, 5.74) is 0.187. The Morgan fingerprint density at radius 1 is 1.37 bits per heavy atom. The summed E-state index contributed by atoms with van der Waals surface area (Å²) in [4.78, 5) is 26.3. The topological polar surface area (TPSA) is 96.2 Å². The second-order valence-corrected chi connectivity index (χ2v) is 7.42. The van der Waals surface area contributed by atoms with Gasteiger partial charge in [0.1, 0.15) is 0 Å². The molecule has 1 aromatic rings. The van der Waals surface area contributed by atoms with Crippen LogP contribution in [0.1, 0.15) is 34.1 Å². The van der Waals surface area contributed by atoms with E-state index >= 15 is 0 Å². The molecule has 2 rings (SSSR count). The van der Waals surface area contributed by atoms with E-state index in [1.165, 1.54) is 13.2 Å². The van der Waals surface area contributed by atoms with E-state index < -0.39 is 16.6 Å². The molecule has 0 radical (unpaired) electrons. The van der Waals surface area contributed by atoms with Gasteiger partial charge in [0.2, 0.25) is 0 Å². The standard InChI is InChI=1S/C19H29N3O5/c1-6-14(4)19(13(2)3)12-20(9-10-21(19)18(23)24)15-7-8-16(22(25)26)17(11-15)27-5/h7-8,11,13-14H,6,9-10,12H2,1-5H3,(H,23,24)/t14?,19-/m0/s1. The van der Waals surface area contributed by atoms with Gasteiger partial charge < -0.3 is 14.7 Å². The number of benzene rings is 1. The number of hydrogen-bond acceptors (Lipinski definition) is 5. The van der Waals surface area contributed by atoms with Gasteiger partial charge in [-0.05, 0) is 17.9 Å². The number of nitro benzene ring substituents is 1. The number of hydrogen-bond donors (Lipinski definition) is 1. The van der Waals surface area contributed by atoms with Gasteiger partial charge in [-0.2, -0.15) is 0 Å². The summed E-state index contributed by atoms with van der Waals surface area (Å²) in [5.74, 6) is 0.486. The summed E-state index contributed by atoms with van der Waals surface area (Å²) in [6.07, 6.45) is -0.0377. The largest absolute Gasteiger partial charge is 0.490 e. The summed E-state index contributed by atoms with van der Waals surface area (Å²) in [6, 6.07) is 4.81. The van der Waals surface area contributed by atoms with Gasteiger partial charge in [-0.1, -0.05) is 34.1 Å². The third-order valence-electron chi connectivity index (χ3n) is 5.96. The van der Waals surface area contributed by atoms with Crippen LogP contribution in [0.25, 0.3) is 0 Å². The van der Waals surface area contributed by atoms with E-state index in [1.807, 2.05) is 0 Å². The number of nitrogens with zero attached hydrogens (tertiary/aromatic N) is 3. The monoisotopic (exact) mass is 379 g/mol. The van der Waals surface area contributed by atoms with Crippen molar-refractivity contribution < 1.29 is 19.6 Å². The SMILES string of the molecule is CCC(C)[C@@]1(C(C)C)CN(c2ccc([N+](=O)[O-])c(OC)c2)CCN1C(=O)O. The zero-order chi connectivity index (χ0) is 20.4. The van der Waals surface area contributed by atoms with Gasteiger partial charge in [-0.3, -0.25) is 15.0 Å². The van der Waals surface area contributed by atoms with Crippen LogP contribution in [-0.4, -0.2) is 53.3 Å². The van der Waals surface area contributed by atoms with Crippen LogP contribution in [0.3, 0.4) is 0 Å². The Kier molecular flexibility index (Phi) is 6.18. The van der Waals surface area contributed by atoms with Gasteiger partial charge in [-0.25, -0.2) is 4.79 Å². The summed E-state index contributed by atoms with van der Waals surface area (Å²) in [7, 11) is 1.41. The van der Waals surface area contributed by atoms with Crippen LogP contribution in [-0.2, 0) is 0 Å². The Balaban J connectivity index is 2.46. The molecule has 150 valence electrons. The fourth-order valence-electron chi connectivity index (χ4n) is 4.25. The lowest BCUT2D eigenvalue weighted by Crippen LogP contribution is -2.69. The molecule has 1 aliphatic heterocycles. The van der Waals surface area contributed by atoms with E-state index in [2.05, 4.69) is 32.6 Å². The van der Waals surface area contributed by atoms with Gasteiger partial charge >= 0.3 is 11.8 Å². The van der Waals surface area contributed by atoms with Gasteiger partial charge in [0.05, 0.1) is 17.6 Å². The predicted molar refractivity (Wildman–Crippen MR) is 104 cm³/mol. The van der Waals surface area contributed by atoms with E-state index in [1.54, 1.807) is 17.0 Å². The molecule has 1 saturated heterocycles. The fourth-order valence-corrected chi connectivity index (χ4v) is 4.25. The van der Waals surface area contributed by atoms with Crippen molar-refractivity contribution in [3.8, 4) is 5.75 Å². The summed E-state index contributed by atoms with van der Waals surface area (Å²) in [5, 5.41) is 21.0. The average molecular weight is 379 g/mol. The van der Waals surface area contributed by atoms with Crippen molar-refractivity contribution in [1.82, 2.24) is 4.90 Å². The number of rotatable bonds is 6. The molecule has 1 aromatic carbocycles. The molecule has 1 aliphatic rings. The van der Waals surface area contributed by atoms with Crippen LogP contribution in [0, 0.1) is 22.0 Å². The van der Waals surface area contributed by atoms with Crippen molar-refractivity contribution in [3.05, 3.63) is 28.3 Å². The minimum atomic E-state index is -0.898. The second-order valence-electron chi connectivity index (χ2n) is 7.42. The number of nitro groups is 1. The minimum Gasteiger partial charge on any atom is -0.490 e. The molecule has 8 nitrogen and oxygen atoms in total. The zero-order valence-corrected chi connectivity index (χ0v) is 16.6. The molecular weight excluding hydrogens is 350 g/mol. The minimum absolute atomic E-state index is 0.0810. The van der Waals surface area contributed by atoms with Crippen LogP contribution < -0.4 is 9.64 Å². The molecular formula is C19H29N3O5. The van der Waals surface area contributed by atoms with E-state index in [4.69, 9.17) is 4.74 Å². The van der Waals surface area contributed by atoms with Crippen molar-refractivity contribution in [2.45, 2.75) is 39.7 Å². The van der Waals surface area contributed by atoms with Crippen molar-refractivity contribution in [2.24, 2.45) is 11.8 Å². The molecule has 0 aromatic heterocycles. The van der Waals surface area contributed by atoms with E-state index in [9.17, 15) is 20.0 Å². The maximum absolute atomic E-state index is 12.0. The van der Waals surface area contributed by atoms with E-state index in [0.29, 0.717) is 19.6 Å². The molecule has 2 atom stereocenters. The van der Waals surface area contributed by atoms with Gasteiger partial charge in [0.15, 0.2) is 5.75 Å². The lowest BCUT2D eigenvalue weighted by atomic mass is 9.72. The Morgan fingerprint density at radius 2 is 2.04 bits per heavy atom. The zero-order valence-electron chi connectivity index (χ0n) is 16.6. The van der Waals surface area contributed by atoms with Crippen molar-refractivity contribution in [1.29, 1.82) is 0 Å². The first-order valence-corrected chi connectivity index (χ1v) is 9.26. The predicted octanol–water partition coefficient (Wildman–Crippen LogP) is 3.84. The average Bonchev–Trinajstić information content (AvgIpc) is 2.65. The first-order valence-electron chi connectivity index (χ1n) is 9.26. The smallest absolute Gasteiger partial charge is 0.407 e. The maximum atomic E-state index is 12.0. The Morgan fingerprint density at radius 3 is 2.52 bits per heavy atom. The van der Waals surface area contributed by atoms with E-state index in [-0.39, 0.29) is 23.3 Å². The van der Waals surface area contributed by atoms with Gasteiger partial charge in [0, 0.05) is 37.5 Å². The number of methoxy groups -OCH3 is 1. The number of amides is 1. The van der Waals surface area contributed by atoms with Crippen LogP contribution in [0.2, 0.25) is 0 Å². The van der Waals surface area contributed by atoms with Crippen LogP contribution in [0.5, 0.6) is 5.75 Å². The lowest BCUT2D eigenvalue weighted by molar-refractivity contribution is -0.385. The first kappa shape index (κ1) is 20.8. The Hall–Kier alpha value is -2.51. The number of piperazine rings is 1. The molecule has 27 heavy (non-hydrogen) atoms. The summed E-state index contributed by atoms with van der Waals surface area (Å²) >= 11 is 0. The third kappa shape index (κ3) is 3.65. The highest BCUT2D eigenvalue weighted by atomic mass is 16.6. The maximum Gasteiger partial charge on any atom is 0.407 e. The van der Waals surface area contributed by atoms with Crippen LogP contribution >= 0.6 is 0 Å². The molecule has 0 spiro atoms. The molecule has 1 fully saturated rings. The molecule has 1 N–H and O–H groups in total. The number of anilines is 1. The number of carboxylic acid groups (broad SMARTS) is 1. The molecule has 1 heterocycles. The van der Waals surface area contributed by atoms with Crippen molar-refractivity contribution in [2.75, 3.05) is 31.6 Å². The quantitative estimate of drug-likeness (QED) is 0.596. The third-order valence-corrected chi connectivity index (χ3v) is 5.96. The van der Waals surface area contributed by atoms with Crippen LogP contribution in [0.4, 0.5) is 16.2 Å². The highest BCUT2D eigenvalue weighted by molar-refractivity contribution is 5.68.